The fourth-order valence-corrected chi connectivity index (χ4v) is 2.99. The van der Waals surface area contributed by atoms with Gasteiger partial charge in [0.05, 0.1) is 11.4 Å². The zero-order valence-corrected chi connectivity index (χ0v) is 12.5. The van der Waals surface area contributed by atoms with Gasteiger partial charge in [-0.15, -0.1) is 0 Å². The second-order valence-electron chi connectivity index (χ2n) is 5.71. The summed E-state index contributed by atoms with van der Waals surface area (Å²) in [5.41, 5.74) is 3.25. The van der Waals surface area contributed by atoms with Crippen molar-refractivity contribution in [2.75, 3.05) is 13.1 Å². The Balaban J connectivity index is 1.73. The number of carbonyl (C=O) groups is 1. The lowest BCUT2D eigenvalue weighted by atomic mass is 9.98. The van der Waals surface area contributed by atoms with Gasteiger partial charge in [0.25, 0.3) is 0 Å². The largest absolute Gasteiger partial charge is 0.343 e. The normalized spacial score (nSPS) is 18.2. The van der Waals surface area contributed by atoms with Gasteiger partial charge in [0, 0.05) is 39.5 Å². The third kappa shape index (κ3) is 2.96. The summed E-state index contributed by atoms with van der Waals surface area (Å²) in [6.07, 6.45) is 5.72. The molecule has 3 heterocycles. The third-order valence-electron chi connectivity index (χ3n) is 4.16. The molecule has 0 spiro atoms. The summed E-state index contributed by atoms with van der Waals surface area (Å²) in [5, 5.41) is 4.19. The molecule has 1 aliphatic rings. The predicted octanol–water partition coefficient (Wildman–Crippen LogP) is 1.89. The van der Waals surface area contributed by atoms with Gasteiger partial charge < -0.3 is 4.90 Å². The molecule has 1 amide bonds. The van der Waals surface area contributed by atoms with Crippen molar-refractivity contribution in [3.63, 3.8) is 0 Å². The van der Waals surface area contributed by atoms with Gasteiger partial charge >= 0.3 is 0 Å². The van der Waals surface area contributed by atoms with Gasteiger partial charge in [-0.2, -0.15) is 5.10 Å². The molecule has 1 atom stereocenters. The predicted molar refractivity (Wildman–Crippen MR) is 80.5 cm³/mol. The van der Waals surface area contributed by atoms with Gasteiger partial charge in [-0.25, -0.2) is 0 Å². The maximum absolute atomic E-state index is 11.4. The molecule has 0 aliphatic carbocycles. The number of hydrogen-bond acceptors (Lipinski definition) is 3. The number of rotatable bonds is 3. The molecule has 3 rings (SSSR count). The van der Waals surface area contributed by atoms with E-state index >= 15 is 0 Å². The average Bonchev–Trinajstić information content (AvgIpc) is 3.08. The Morgan fingerprint density at radius 1 is 1.38 bits per heavy atom. The maximum atomic E-state index is 11.4. The molecule has 0 bridgehead atoms. The summed E-state index contributed by atoms with van der Waals surface area (Å²) in [6, 6.07) is 6.17. The third-order valence-corrected chi connectivity index (χ3v) is 4.16. The zero-order valence-electron chi connectivity index (χ0n) is 12.5. The molecule has 21 heavy (non-hydrogen) atoms. The summed E-state index contributed by atoms with van der Waals surface area (Å²) < 4.78 is 1.83. The monoisotopic (exact) mass is 284 g/mol. The van der Waals surface area contributed by atoms with Crippen molar-refractivity contribution in [2.24, 2.45) is 13.0 Å². The number of aromatic nitrogens is 3. The SMILES string of the molecule is CC(=O)N1CC[C@H](Cc2ccnc(-c3ccnn3C)c2)C1. The first-order valence-electron chi connectivity index (χ1n) is 7.32. The average molecular weight is 284 g/mol. The van der Waals surface area contributed by atoms with E-state index in [1.165, 1.54) is 5.56 Å². The van der Waals surface area contributed by atoms with Crippen LogP contribution in [0.15, 0.2) is 30.6 Å². The minimum atomic E-state index is 0.183. The lowest BCUT2D eigenvalue weighted by molar-refractivity contribution is -0.127. The number of likely N-dealkylation sites (tertiary alicyclic amines) is 1. The highest BCUT2D eigenvalue weighted by Crippen LogP contribution is 2.23. The molecule has 0 saturated carbocycles. The molecule has 0 radical (unpaired) electrons. The second-order valence-corrected chi connectivity index (χ2v) is 5.71. The lowest BCUT2D eigenvalue weighted by Crippen LogP contribution is -2.26. The molecular weight excluding hydrogens is 264 g/mol. The Bertz CT molecular complexity index is 649. The maximum Gasteiger partial charge on any atom is 0.219 e. The van der Waals surface area contributed by atoms with Crippen LogP contribution < -0.4 is 0 Å². The van der Waals surface area contributed by atoms with Crippen LogP contribution in [0.25, 0.3) is 11.4 Å². The topological polar surface area (TPSA) is 51.0 Å². The van der Waals surface area contributed by atoms with Crippen LogP contribution in [0.3, 0.4) is 0 Å². The number of aryl methyl sites for hydroxylation is 1. The first-order valence-corrected chi connectivity index (χ1v) is 7.32. The molecule has 0 aromatic carbocycles. The minimum Gasteiger partial charge on any atom is -0.343 e. The van der Waals surface area contributed by atoms with E-state index < -0.39 is 0 Å². The molecular formula is C16H20N4O. The van der Waals surface area contributed by atoms with Crippen LogP contribution >= 0.6 is 0 Å². The molecule has 0 N–H and O–H groups in total. The van der Waals surface area contributed by atoms with Crippen LogP contribution in [0, 0.1) is 5.92 Å². The molecule has 2 aromatic rings. The van der Waals surface area contributed by atoms with Crippen molar-refractivity contribution >= 4 is 5.91 Å². The quantitative estimate of drug-likeness (QED) is 0.865. The van der Waals surface area contributed by atoms with Gasteiger partial charge in [-0.05, 0) is 42.5 Å². The zero-order chi connectivity index (χ0) is 14.8. The van der Waals surface area contributed by atoms with E-state index in [0.29, 0.717) is 5.92 Å². The van der Waals surface area contributed by atoms with Crippen LogP contribution in [0.4, 0.5) is 0 Å². The van der Waals surface area contributed by atoms with Crippen LogP contribution in [-0.2, 0) is 18.3 Å². The first kappa shape index (κ1) is 13.8. The summed E-state index contributed by atoms with van der Waals surface area (Å²) >= 11 is 0. The van der Waals surface area contributed by atoms with Crippen molar-refractivity contribution in [3.8, 4) is 11.4 Å². The van der Waals surface area contributed by atoms with E-state index in [2.05, 4.69) is 22.2 Å². The highest BCUT2D eigenvalue weighted by Gasteiger charge is 2.24. The van der Waals surface area contributed by atoms with E-state index in [4.69, 9.17) is 0 Å². The summed E-state index contributed by atoms with van der Waals surface area (Å²) in [5.74, 6) is 0.735. The van der Waals surface area contributed by atoms with Gasteiger partial charge in [0.1, 0.15) is 0 Å². The Labute approximate surface area is 124 Å². The van der Waals surface area contributed by atoms with E-state index in [9.17, 15) is 4.79 Å². The van der Waals surface area contributed by atoms with Gasteiger partial charge in [-0.3, -0.25) is 14.5 Å². The van der Waals surface area contributed by atoms with Crippen LogP contribution in [-0.4, -0.2) is 38.7 Å². The smallest absolute Gasteiger partial charge is 0.219 e. The summed E-state index contributed by atoms with van der Waals surface area (Å²) in [4.78, 5) is 17.8. The molecule has 5 nitrogen and oxygen atoms in total. The van der Waals surface area contributed by atoms with Crippen LogP contribution in [0.5, 0.6) is 0 Å². The minimum absolute atomic E-state index is 0.183. The molecule has 1 saturated heterocycles. The lowest BCUT2D eigenvalue weighted by Gasteiger charge is -2.14. The van der Waals surface area contributed by atoms with Gasteiger partial charge in [-0.1, -0.05) is 0 Å². The van der Waals surface area contributed by atoms with E-state index in [0.717, 1.165) is 37.3 Å². The van der Waals surface area contributed by atoms with Gasteiger partial charge in [0.2, 0.25) is 5.91 Å². The van der Waals surface area contributed by atoms with Crippen molar-refractivity contribution in [1.82, 2.24) is 19.7 Å². The molecule has 1 aliphatic heterocycles. The number of amides is 1. The van der Waals surface area contributed by atoms with Gasteiger partial charge in [0.15, 0.2) is 0 Å². The summed E-state index contributed by atoms with van der Waals surface area (Å²) in [7, 11) is 1.92. The molecule has 0 unspecified atom stereocenters. The fourth-order valence-electron chi connectivity index (χ4n) is 2.99. The molecule has 1 fully saturated rings. The van der Waals surface area contributed by atoms with E-state index in [-0.39, 0.29) is 5.91 Å². The highest BCUT2D eigenvalue weighted by atomic mass is 16.2. The second kappa shape index (κ2) is 5.68. The highest BCUT2D eigenvalue weighted by molar-refractivity contribution is 5.73. The molecule has 2 aromatic heterocycles. The Morgan fingerprint density at radius 3 is 2.90 bits per heavy atom. The van der Waals surface area contributed by atoms with E-state index in [1.54, 1.807) is 13.1 Å². The van der Waals surface area contributed by atoms with Crippen LogP contribution in [0.1, 0.15) is 18.9 Å². The first-order chi connectivity index (χ1) is 10.1. The fraction of sp³-hybridized carbons (Fsp3) is 0.438. The Morgan fingerprint density at radius 2 is 2.24 bits per heavy atom. The standard InChI is InChI=1S/C16H20N4O/c1-12(21)20-8-5-14(11-20)9-13-3-6-17-15(10-13)16-4-7-18-19(16)2/h3-4,6-7,10,14H,5,8-9,11H2,1-2H3/t14-/m1/s1. The van der Waals surface area contributed by atoms with Crippen molar-refractivity contribution < 1.29 is 4.79 Å². The Kier molecular flexibility index (Phi) is 3.73. The molecule has 110 valence electrons. The Hall–Kier alpha value is -2.17. The number of carbonyl (C=O) groups excluding carboxylic acids is 1. The van der Waals surface area contributed by atoms with Crippen LogP contribution in [0.2, 0.25) is 0 Å². The molecule has 5 heteroatoms. The summed E-state index contributed by atoms with van der Waals surface area (Å²) in [6.45, 7) is 3.41. The number of hydrogen-bond donors (Lipinski definition) is 0. The van der Waals surface area contributed by atoms with Crippen molar-refractivity contribution in [1.29, 1.82) is 0 Å². The number of nitrogens with zero attached hydrogens (tertiary/aromatic N) is 4. The van der Waals surface area contributed by atoms with Crippen molar-refractivity contribution in [3.05, 3.63) is 36.2 Å². The number of pyridine rings is 1. The van der Waals surface area contributed by atoms with E-state index in [1.807, 2.05) is 28.9 Å². The van der Waals surface area contributed by atoms with Crippen molar-refractivity contribution in [2.45, 2.75) is 19.8 Å².